The fourth-order valence-electron chi connectivity index (χ4n) is 3.80. The maximum Gasteiger partial charge on any atom is 0.325 e. The van der Waals surface area contributed by atoms with Gasteiger partial charge in [-0.15, -0.1) is 0 Å². The van der Waals surface area contributed by atoms with Crippen molar-refractivity contribution in [3.63, 3.8) is 0 Å². The molecule has 1 aliphatic heterocycles. The van der Waals surface area contributed by atoms with E-state index in [9.17, 15) is 9.59 Å². The average Bonchev–Trinajstić information content (AvgIpc) is 3.26. The number of nitrogens with one attached hydrogen (secondary N) is 1. The Labute approximate surface area is 184 Å². The van der Waals surface area contributed by atoms with Gasteiger partial charge in [0.15, 0.2) is 0 Å². The zero-order valence-corrected chi connectivity index (χ0v) is 18.8. The smallest absolute Gasteiger partial charge is 0.291 e. The zero-order valence-electron chi connectivity index (χ0n) is 17.1. The summed E-state index contributed by atoms with van der Waals surface area (Å²) in [5.74, 6) is 0.811. The molecule has 30 heavy (non-hydrogen) atoms. The highest BCUT2D eigenvalue weighted by Gasteiger charge is 2.44. The van der Waals surface area contributed by atoms with Gasteiger partial charge in [-0.3, -0.25) is 14.6 Å². The molecule has 0 aliphatic carbocycles. The number of fused-ring (bicyclic) bond motifs is 3. The number of hydrogen-bond donors (Lipinski definition) is 1. The van der Waals surface area contributed by atoms with E-state index in [0.29, 0.717) is 16.4 Å². The van der Waals surface area contributed by atoms with Crippen molar-refractivity contribution in [2.75, 3.05) is 10.7 Å². The van der Waals surface area contributed by atoms with Crippen LogP contribution < -0.4 is 15.1 Å². The van der Waals surface area contributed by atoms with Crippen molar-refractivity contribution >= 4 is 34.7 Å². The number of carbonyl (C=O) groups is 1. The third-order valence-electron chi connectivity index (χ3n) is 5.18. The molecule has 0 radical (unpaired) electrons. The summed E-state index contributed by atoms with van der Waals surface area (Å²) >= 11 is 3.12. The first-order valence-corrected chi connectivity index (χ1v) is 12.1. The molecule has 0 saturated carbocycles. The zero-order chi connectivity index (χ0) is 21.1. The number of para-hydroxylation sites is 1. The third kappa shape index (κ3) is 3.94. The van der Waals surface area contributed by atoms with E-state index in [1.807, 2.05) is 41.1 Å². The van der Waals surface area contributed by atoms with Crippen LogP contribution in [0.15, 0.2) is 51.0 Å². The number of nitrogens with zero attached hydrogens (tertiary/aromatic N) is 3. The third-order valence-corrected chi connectivity index (χ3v) is 6.83. The highest BCUT2D eigenvalue weighted by atomic mass is 32.2. The largest absolute Gasteiger partial charge is 0.325 e. The molecule has 2 aromatic heterocycles. The molecular weight excluding hydrogens is 416 g/mol. The first kappa shape index (κ1) is 20.8. The van der Waals surface area contributed by atoms with Gasteiger partial charge >= 0.3 is 11.3 Å². The second-order valence-electron chi connectivity index (χ2n) is 7.30. The highest BCUT2D eigenvalue weighted by Crippen LogP contribution is 2.37. The Morgan fingerprint density at radius 1 is 1.27 bits per heavy atom. The second kappa shape index (κ2) is 9.14. The van der Waals surface area contributed by atoms with E-state index in [4.69, 9.17) is 5.10 Å². The van der Waals surface area contributed by atoms with E-state index in [-0.39, 0.29) is 11.5 Å². The van der Waals surface area contributed by atoms with E-state index < -0.39 is 6.17 Å². The number of benzene rings is 1. The summed E-state index contributed by atoms with van der Waals surface area (Å²) in [6, 6.07) is 9.50. The van der Waals surface area contributed by atoms with Crippen LogP contribution in [0.25, 0.3) is 11.3 Å². The molecular formula is C22H25N4O2S2+. The van der Waals surface area contributed by atoms with Gasteiger partial charge in [-0.1, -0.05) is 50.1 Å². The lowest BCUT2D eigenvalue weighted by molar-refractivity contribution is -0.763. The fourth-order valence-corrected chi connectivity index (χ4v) is 5.32. The average molecular weight is 442 g/mol. The minimum absolute atomic E-state index is 0.0901. The van der Waals surface area contributed by atoms with Crippen molar-refractivity contribution in [1.29, 1.82) is 0 Å². The lowest BCUT2D eigenvalue weighted by Crippen LogP contribution is -2.60. The topological polar surface area (TPSA) is 69.9 Å². The number of aromatic nitrogens is 3. The van der Waals surface area contributed by atoms with Gasteiger partial charge in [0.05, 0.1) is 16.8 Å². The molecule has 3 heterocycles. The van der Waals surface area contributed by atoms with Crippen LogP contribution in [0.3, 0.4) is 0 Å². The number of thiophene rings is 1. The number of aromatic amines is 1. The lowest BCUT2D eigenvalue weighted by atomic mass is 10.0. The molecule has 3 aromatic rings. The summed E-state index contributed by atoms with van der Waals surface area (Å²) in [5.41, 5.74) is 2.68. The minimum atomic E-state index is -0.486. The Kier molecular flexibility index (Phi) is 6.34. The number of unbranched alkanes of at least 4 members (excludes halogenated alkanes) is 3. The maximum absolute atomic E-state index is 13.1. The van der Waals surface area contributed by atoms with Crippen molar-refractivity contribution in [2.45, 2.75) is 50.9 Å². The molecule has 1 N–H and O–H groups in total. The Balaban J connectivity index is 1.81. The van der Waals surface area contributed by atoms with Crippen molar-refractivity contribution in [1.82, 2.24) is 10.1 Å². The lowest BCUT2D eigenvalue weighted by Gasteiger charge is -2.30. The molecule has 1 unspecified atom stereocenters. The number of rotatable bonds is 7. The van der Waals surface area contributed by atoms with Gasteiger partial charge in [-0.25, -0.2) is 4.90 Å². The summed E-state index contributed by atoms with van der Waals surface area (Å²) in [4.78, 5) is 30.5. The Morgan fingerprint density at radius 2 is 2.10 bits per heavy atom. The monoisotopic (exact) mass is 441 g/mol. The Bertz CT molecular complexity index is 1090. The number of hydrogen-bond acceptors (Lipinski definition) is 5. The first-order valence-electron chi connectivity index (χ1n) is 10.2. The molecule has 8 heteroatoms. The Hall–Kier alpha value is -2.45. The number of H-pyrrole nitrogens is 1. The van der Waals surface area contributed by atoms with Crippen LogP contribution in [-0.4, -0.2) is 21.7 Å². The molecule has 0 fully saturated rings. The van der Waals surface area contributed by atoms with E-state index in [1.165, 1.54) is 19.3 Å². The quantitative estimate of drug-likeness (QED) is 0.336. The van der Waals surface area contributed by atoms with Crippen LogP contribution in [0.2, 0.25) is 0 Å². The standard InChI is InChI=1S/C22H24N4O2S2/c1-3-4-5-8-12-30-22-23-20(28)19-17-9-6-7-10-18(17)25(15(2)27)21(26(19)24-22)16-11-13-29-14-16/h6-7,9-11,13-14,21H,3-5,8,12H2,1-2H3/p+1. The summed E-state index contributed by atoms with van der Waals surface area (Å²) in [5, 5.41) is 9.36. The predicted molar refractivity (Wildman–Crippen MR) is 121 cm³/mol. The SMILES string of the molecule is CCCCCCSc1n[n+]2c(c(=O)[nH]1)-c1ccccc1N(C(C)=O)C2c1ccsc1. The highest BCUT2D eigenvalue weighted by molar-refractivity contribution is 7.99. The van der Waals surface area contributed by atoms with Crippen molar-refractivity contribution in [3.8, 4) is 11.3 Å². The van der Waals surface area contributed by atoms with E-state index >= 15 is 0 Å². The van der Waals surface area contributed by atoms with Gasteiger partial charge in [0.2, 0.25) is 11.1 Å². The number of anilines is 1. The van der Waals surface area contributed by atoms with Crippen molar-refractivity contribution in [3.05, 3.63) is 57.0 Å². The van der Waals surface area contributed by atoms with E-state index in [1.54, 1.807) is 39.6 Å². The molecule has 1 aromatic carbocycles. The maximum atomic E-state index is 13.1. The molecule has 1 atom stereocenters. The van der Waals surface area contributed by atoms with E-state index in [0.717, 1.165) is 23.4 Å². The van der Waals surface area contributed by atoms with Gasteiger partial charge in [0.25, 0.3) is 6.17 Å². The van der Waals surface area contributed by atoms with Crippen LogP contribution >= 0.6 is 23.1 Å². The summed E-state index contributed by atoms with van der Waals surface area (Å²) in [6.07, 6.45) is 4.18. The molecule has 0 bridgehead atoms. The fraction of sp³-hybridized carbons (Fsp3) is 0.364. The molecule has 0 saturated heterocycles. The molecule has 156 valence electrons. The van der Waals surface area contributed by atoms with Crippen LogP contribution in [0.5, 0.6) is 0 Å². The summed E-state index contributed by atoms with van der Waals surface area (Å²) < 4.78 is 1.72. The van der Waals surface area contributed by atoms with Crippen LogP contribution in [-0.2, 0) is 4.79 Å². The van der Waals surface area contributed by atoms with Gasteiger partial charge in [0, 0.05) is 23.2 Å². The van der Waals surface area contributed by atoms with Gasteiger partial charge in [-0.2, -0.15) is 11.3 Å². The number of carbonyl (C=O) groups excluding carboxylic acids is 1. The molecule has 1 aliphatic rings. The van der Waals surface area contributed by atoms with E-state index in [2.05, 4.69) is 11.9 Å². The van der Waals surface area contributed by atoms with Crippen molar-refractivity contribution in [2.24, 2.45) is 0 Å². The number of amides is 1. The van der Waals surface area contributed by atoms with Crippen LogP contribution in [0.4, 0.5) is 5.69 Å². The van der Waals surface area contributed by atoms with Crippen LogP contribution in [0.1, 0.15) is 51.3 Å². The van der Waals surface area contributed by atoms with Gasteiger partial charge in [0.1, 0.15) is 0 Å². The molecule has 0 spiro atoms. The summed E-state index contributed by atoms with van der Waals surface area (Å²) in [7, 11) is 0. The molecule has 1 amide bonds. The first-order chi connectivity index (χ1) is 14.6. The molecule has 4 rings (SSSR count). The summed E-state index contributed by atoms with van der Waals surface area (Å²) in [6.45, 7) is 3.74. The van der Waals surface area contributed by atoms with Gasteiger partial charge in [-0.05, 0) is 34.7 Å². The molecule has 6 nitrogen and oxygen atoms in total. The predicted octanol–water partition coefficient (Wildman–Crippen LogP) is 4.37. The van der Waals surface area contributed by atoms with Gasteiger partial charge < -0.3 is 0 Å². The second-order valence-corrected chi connectivity index (χ2v) is 9.16. The normalized spacial score (nSPS) is 15.0. The minimum Gasteiger partial charge on any atom is -0.291 e. The number of thioether (sulfide) groups is 1. The Morgan fingerprint density at radius 3 is 2.83 bits per heavy atom. The van der Waals surface area contributed by atoms with Crippen LogP contribution in [0, 0.1) is 0 Å². The van der Waals surface area contributed by atoms with Crippen molar-refractivity contribution < 1.29 is 9.48 Å².